The van der Waals surface area contributed by atoms with E-state index in [9.17, 15) is 4.79 Å². The van der Waals surface area contributed by atoms with E-state index in [1.807, 2.05) is 13.0 Å². The SMILES string of the molecule is Cc1cccc(N=C=O)n1. The van der Waals surface area contributed by atoms with Gasteiger partial charge >= 0.3 is 0 Å². The van der Waals surface area contributed by atoms with Gasteiger partial charge in [0.05, 0.1) is 0 Å². The molecule has 0 fully saturated rings. The van der Waals surface area contributed by atoms with Crippen LogP contribution in [0.4, 0.5) is 5.82 Å². The first kappa shape index (κ1) is 6.65. The Labute approximate surface area is 58.4 Å². The highest BCUT2D eigenvalue weighted by atomic mass is 16.1. The Bertz CT molecular complexity index is 277. The number of nitrogens with zero attached hydrogens (tertiary/aromatic N) is 2. The smallest absolute Gasteiger partial charge is 0.233 e. The number of carbonyl (C=O) groups excluding carboxylic acids is 1. The van der Waals surface area contributed by atoms with E-state index < -0.39 is 0 Å². The fourth-order valence-corrected chi connectivity index (χ4v) is 0.638. The van der Waals surface area contributed by atoms with Gasteiger partial charge in [0.15, 0.2) is 5.82 Å². The van der Waals surface area contributed by atoms with Crippen LogP contribution in [-0.2, 0) is 4.79 Å². The van der Waals surface area contributed by atoms with E-state index >= 15 is 0 Å². The van der Waals surface area contributed by atoms with Crippen LogP contribution in [0, 0.1) is 6.92 Å². The predicted octanol–water partition coefficient (Wildman–Crippen LogP) is 1.36. The molecule has 0 aliphatic rings. The first-order valence-corrected chi connectivity index (χ1v) is 2.84. The van der Waals surface area contributed by atoms with Crippen LogP contribution >= 0.6 is 0 Å². The number of isocyanates is 1. The molecule has 0 bridgehead atoms. The molecule has 0 radical (unpaired) electrons. The van der Waals surface area contributed by atoms with E-state index in [1.165, 1.54) is 6.08 Å². The van der Waals surface area contributed by atoms with Crippen LogP contribution < -0.4 is 0 Å². The summed E-state index contributed by atoms with van der Waals surface area (Å²) in [7, 11) is 0. The molecule has 0 saturated carbocycles. The van der Waals surface area contributed by atoms with E-state index in [4.69, 9.17) is 0 Å². The number of aromatic nitrogens is 1. The van der Waals surface area contributed by atoms with Gasteiger partial charge in [-0.3, -0.25) is 0 Å². The number of aryl methyl sites for hydroxylation is 1. The Balaban J connectivity index is 3.06. The summed E-state index contributed by atoms with van der Waals surface area (Å²) in [5.41, 5.74) is 0.844. The summed E-state index contributed by atoms with van der Waals surface area (Å²) in [5.74, 6) is 0.412. The molecule has 0 aromatic carbocycles. The lowest BCUT2D eigenvalue weighted by atomic mass is 10.4. The third-order valence-corrected chi connectivity index (χ3v) is 1.03. The average molecular weight is 134 g/mol. The normalized spacial score (nSPS) is 8.50. The largest absolute Gasteiger partial charge is 0.242 e. The Morgan fingerprint density at radius 3 is 3.00 bits per heavy atom. The third kappa shape index (κ3) is 1.50. The molecule has 1 rings (SSSR count). The number of hydrogen-bond donors (Lipinski definition) is 0. The zero-order valence-electron chi connectivity index (χ0n) is 5.53. The minimum atomic E-state index is 0.412. The first-order valence-electron chi connectivity index (χ1n) is 2.84. The van der Waals surface area contributed by atoms with E-state index in [-0.39, 0.29) is 0 Å². The monoisotopic (exact) mass is 134 g/mol. The van der Waals surface area contributed by atoms with Crippen molar-refractivity contribution in [2.75, 3.05) is 0 Å². The quantitative estimate of drug-likeness (QED) is 0.430. The summed E-state index contributed by atoms with van der Waals surface area (Å²) >= 11 is 0. The van der Waals surface area contributed by atoms with Crippen LogP contribution in [0.1, 0.15) is 5.69 Å². The molecule has 10 heavy (non-hydrogen) atoms. The highest BCUT2D eigenvalue weighted by Crippen LogP contribution is 2.05. The van der Waals surface area contributed by atoms with Gasteiger partial charge in [0, 0.05) is 5.69 Å². The number of aliphatic imine (C=N–C) groups is 1. The summed E-state index contributed by atoms with van der Waals surface area (Å²) < 4.78 is 0. The van der Waals surface area contributed by atoms with Crippen molar-refractivity contribution in [1.29, 1.82) is 0 Å². The maximum atomic E-state index is 9.75. The molecule has 1 heterocycles. The van der Waals surface area contributed by atoms with Crippen molar-refractivity contribution in [3.8, 4) is 0 Å². The lowest BCUT2D eigenvalue weighted by molar-refractivity contribution is 0.565. The minimum Gasteiger partial charge on any atom is -0.233 e. The zero-order chi connectivity index (χ0) is 7.40. The fraction of sp³-hybridized carbons (Fsp3) is 0.143. The molecule has 1 aromatic rings. The standard InChI is InChI=1S/C7H6N2O/c1-6-3-2-4-7(9-6)8-5-10/h2-4H,1H3. The van der Waals surface area contributed by atoms with Gasteiger partial charge in [0.1, 0.15) is 0 Å². The molecule has 0 saturated heterocycles. The van der Waals surface area contributed by atoms with Crippen molar-refractivity contribution in [1.82, 2.24) is 4.98 Å². The maximum Gasteiger partial charge on any atom is 0.242 e. The zero-order valence-corrected chi connectivity index (χ0v) is 5.53. The Morgan fingerprint density at radius 2 is 2.40 bits per heavy atom. The molecule has 0 unspecified atom stereocenters. The molecular formula is C7H6N2O. The molecule has 0 aliphatic heterocycles. The topological polar surface area (TPSA) is 42.3 Å². The first-order chi connectivity index (χ1) is 4.83. The number of rotatable bonds is 1. The van der Waals surface area contributed by atoms with E-state index in [0.717, 1.165) is 5.69 Å². The van der Waals surface area contributed by atoms with Gasteiger partial charge < -0.3 is 0 Å². The van der Waals surface area contributed by atoms with Crippen molar-refractivity contribution in [2.24, 2.45) is 4.99 Å². The van der Waals surface area contributed by atoms with Crippen LogP contribution in [-0.4, -0.2) is 11.1 Å². The van der Waals surface area contributed by atoms with Crippen molar-refractivity contribution >= 4 is 11.9 Å². The second kappa shape index (κ2) is 2.90. The van der Waals surface area contributed by atoms with Crippen molar-refractivity contribution in [2.45, 2.75) is 6.92 Å². The molecule has 3 heteroatoms. The second-order valence-electron chi connectivity index (χ2n) is 1.84. The second-order valence-corrected chi connectivity index (χ2v) is 1.84. The van der Waals surface area contributed by atoms with Crippen LogP contribution in [0.3, 0.4) is 0 Å². The fourth-order valence-electron chi connectivity index (χ4n) is 0.638. The lowest BCUT2D eigenvalue weighted by Crippen LogP contribution is -1.77. The molecule has 0 atom stereocenters. The van der Waals surface area contributed by atoms with Gasteiger partial charge in [0.2, 0.25) is 6.08 Å². The van der Waals surface area contributed by atoms with Crippen molar-refractivity contribution in [3.63, 3.8) is 0 Å². The molecule has 0 N–H and O–H groups in total. The Hall–Kier alpha value is -1.47. The van der Waals surface area contributed by atoms with Gasteiger partial charge in [-0.1, -0.05) is 6.07 Å². The molecule has 0 aliphatic carbocycles. The van der Waals surface area contributed by atoms with Crippen molar-refractivity contribution in [3.05, 3.63) is 23.9 Å². The van der Waals surface area contributed by atoms with E-state index in [0.29, 0.717) is 5.82 Å². The van der Waals surface area contributed by atoms with Gasteiger partial charge in [-0.25, -0.2) is 9.78 Å². The molecule has 0 amide bonds. The van der Waals surface area contributed by atoms with E-state index in [2.05, 4.69) is 9.98 Å². The maximum absolute atomic E-state index is 9.75. The lowest BCUT2D eigenvalue weighted by Gasteiger charge is -1.89. The Morgan fingerprint density at radius 1 is 1.60 bits per heavy atom. The van der Waals surface area contributed by atoms with Gasteiger partial charge in [-0.05, 0) is 19.1 Å². The van der Waals surface area contributed by atoms with Gasteiger partial charge in [-0.2, -0.15) is 0 Å². The summed E-state index contributed by atoms with van der Waals surface area (Å²) in [6.45, 7) is 1.84. The number of pyridine rings is 1. The van der Waals surface area contributed by atoms with Crippen LogP contribution in [0.25, 0.3) is 0 Å². The van der Waals surface area contributed by atoms with Gasteiger partial charge in [-0.15, -0.1) is 4.99 Å². The Kier molecular flexibility index (Phi) is 1.92. The summed E-state index contributed by atoms with van der Waals surface area (Å²) in [4.78, 5) is 17.0. The van der Waals surface area contributed by atoms with Crippen LogP contribution in [0.15, 0.2) is 23.2 Å². The summed E-state index contributed by atoms with van der Waals surface area (Å²) in [6.07, 6.45) is 1.42. The molecule has 3 nitrogen and oxygen atoms in total. The van der Waals surface area contributed by atoms with Crippen LogP contribution in [0.2, 0.25) is 0 Å². The third-order valence-electron chi connectivity index (χ3n) is 1.03. The van der Waals surface area contributed by atoms with Gasteiger partial charge in [0.25, 0.3) is 0 Å². The minimum absolute atomic E-state index is 0.412. The van der Waals surface area contributed by atoms with E-state index in [1.54, 1.807) is 12.1 Å². The highest BCUT2D eigenvalue weighted by molar-refractivity contribution is 5.44. The average Bonchev–Trinajstić information content (AvgIpc) is 1.88. The molecule has 0 spiro atoms. The predicted molar refractivity (Wildman–Crippen MR) is 36.8 cm³/mol. The molecule has 1 aromatic heterocycles. The summed E-state index contributed by atoms with van der Waals surface area (Å²) in [6, 6.07) is 5.28. The molecular weight excluding hydrogens is 128 g/mol. The summed E-state index contributed by atoms with van der Waals surface area (Å²) in [5, 5.41) is 0. The molecule has 50 valence electrons. The number of hydrogen-bond acceptors (Lipinski definition) is 3. The van der Waals surface area contributed by atoms with Crippen LogP contribution in [0.5, 0.6) is 0 Å². The van der Waals surface area contributed by atoms with Crippen molar-refractivity contribution < 1.29 is 4.79 Å². The highest BCUT2D eigenvalue weighted by Gasteiger charge is 1.87.